The van der Waals surface area contributed by atoms with E-state index in [4.69, 9.17) is 4.74 Å². The van der Waals surface area contributed by atoms with Gasteiger partial charge in [-0.3, -0.25) is 9.69 Å². The first kappa shape index (κ1) is 20.5. The minimum Gasteiger partial charge on any atom is -0.383 e. The summed E-state index contributed by atoms with van der Waals surface area (Å²) in [4.78, 5) is 30.6. The number of amides is 3. The highest BCUT2D eigenvalue weighted by molar-refractivity contribution is 5.89. The van der Waals surface area contributed by atoms with Crippen molar-refractivity contribution in [2.24, 2.45) is 0 Å². The summed E-state index contributed by atoms with van der Waals surface area (Å²) in [5.41, 5.74) is -0.0488. The minimum atomic E-state index is -0.808. The first-order chi connectivity index (χ1) is 13.5. The van der Waals surface area contributed by atoms with Crippen LogP contribution < -0.4 is 5.32 Å². The number of carbonyl (C=O) groups excluding carboxylic acids is 2. The molecule has 28 heavy (non-hydrogen) atoms. The van der Waals surface area contributed by atoms with E-state index >= 15 is 0 Å². The standard InChI is InChI=1S/C19H26F2N4O3/c1-28-12-11-24-8-5-17(18(24)26)23-6-2-7-25(10-9-23)19(27)22-16-4-3-14(20)13-15(16)21/h3-4,13,17H,2,5-12H2,1H3,(H,22,27)/t17-/m0/s1. The van der Waals surface area contributed by atoms with E-state index in [9.17, 15) is 18.4 Å². The lowest BCUT2D eigenvalue weighted by Crippen LogP contribution is -2.44. The molecule has 2 fully saturated rings. The normalized spacial score (nSPS) is 21.1. The van der Waals surface area contributed by atoms with Crippen LogP contribution in [-0.2, 0) is 9.53 Å². The largest absolute Gasteiger partial charge is 0.383 e. The van der Waals surface area contributed by atoms with E-state index in [2.05, 4.69) is 10.2 Å². The van der Waals surface area contributed by atoms with Crippen LogP contribution in [0.3, 0.4) is 0 Å². The van der Waals surface area contributed by atoms with E-state index in [1.807, 2.05) is 4.90 Å². The van der Waals surface area contributed by atoms with Crippen LogP contribution in [0.5, 0.6) is 0 Å². The predicted molar refractivity (Wildman–Crippen MR) is 100 cm³/mol. The zero-order chi connectivity index (χ0) is 20.1. The minimum absolute atomic E-state index is 0.0488. The summed E-state index contributed by atoms with van der Waals surface area (Å²) in [5, 5.41) is 2.50. The zero-order valence-corrected chi connectivity index (χ0v) is 16.0. The second-order valence-electron chi connectivity index (χ2n) is 7.05. The van der Waals surface area contributed by atoms with Crippen molar-refractivity contribution < 1.29 is 23.1 Å². The molecule has 9 heteroatoms. The number of methoxy groups -OCH3 is 1. The van der Waals surface area contributed by atoms with Gasteiger partial charge in [0, 0.05) is 52.4 Å². The Morgan fingerprint density at radius 1 is 1.21 bits per heavy atom. The predicted octanol–water partition coefficient (Wildman–Crippen LogP) is 1.75. The van der Waals surface area contributed by atoms with Crippen LogP contribution in [0.15, 0.2) is 18.2 Å². The number of likely N-dealkylation sites (tertiary alicyclic amines) is 1. The molecule has 0 bridgehead atoms. The molecule has 0 saturated carbocycles. The third-order valence-corrected chi connectivity index (χ3v) is 5.27. The smallest absolute Gasteiger partial charge is 0.321 e. The Labute approximate surface area is 163 Å². The van der Waals surface area contributed by atoms with Gasteiger partial charge >= 0.3 is 6.03 Å². The van der Waals surface area contributed by atoms with Crippen LogP contribution in [-0.4, -0.2) is 85.7 Å². The molecule has 0 unspecified atom stereocenters. The fraction of sp³-hybridized carbons (Fsp3) is 0.579. The average molecular weight is 396 g/mol. The monoisotopic (exact) mass is 396 g/mol. The van der Waals surface area contributed by atoms with Gasteiger partial charge < -0.3 is 19.9 Å². The Bertz CT molecular complexity index is 718. The highest BCUT2D eigenvalue weighted by Gasteiger charge is 2.36. The van der Waals surface area contributed by atoms with Gasteiger partial charge in [0.15, 0.2) is 0 Å². The summed E-state index contributed by atoms with van der Waals surface area (Å²) in [7, 11) is 1.62. The average Bonchev–Trinajstić information content (AvgIpc) is 2.88. The van der Waals surface area contributed by atoms with Gasteiger partial charge in [0.2, 0.25) is 5.91 Å². The van der Waals surface area contributed by atoms with Crippen molar-refractivity contribution in [3.63, 3.8) is 0 Å². The number of anilines is 1. The molecule has 1 atom stereocenters. The van der Waals surface area contributed by atoms with E-state index in [-0.39, 0.29) is 17.6 Å². The highest BCUT2D eigenvalue weighted by atomic mass is 19.1. The lowest BCUT2D eigenvalue weighted by Gasteiger charge is -2.26. The van der Waals surface area contributed by atoms with Crippen LogP contribution in [0.1, 0.15) is 12.8 Å². The van der Waals surface area contributed by atoms with Gasteiger partial charge in [0.05, 0.1) is 18.3 Å². The molecule has 0 aliphatic carbocycles. The van der Waals surface area contributed by atoms with E-state index in [1.165, 1.54) is 6.07 Å². The molecule has 2 saturated heterocycles. The fourth-order valence-corrected chi connectivity index (χ4v) is 3.72. The summed E-state index contributed by atoms with van der Waals surface area (Å²) >= 11 is 0. The Balaban J connectivity index is 1.54. The highest BCUT2D eigenvalue weighted by Crippen LogP contribution is 2.20. The molecule has 1 N–H and O–H groups in total. The van der Waals surface area contributed by atoms with Crippen molar-refractivity contribution >= 4 is 17.6 Å². The van der Waals surface area contributed by atoms with Crippen LogP contribution in [0, 0.1) is 11.6 Å². The third-order valence-electron chi connectivity index (χ3n) is 5.27. The molecule has 0 spiro atoms. The molecule has 7 nitrogen and oxygen atoms in total. The molecule has 1 aromatic rings. The summed E-state index contributed by atoms with van der Waals surface area (Å²) in [6.07, 6.45) is 1.50. The van der Waals surface area contributed by atoms with Gasteiger partial charge in [-0.15, -0.1) is 0 Å². The van der Waals surface area contributed by atoms with E-state index < -0.39 is 17.7 Å². The fourth-order valence-electron chi connectivity index (χ4n) is 3.72. The number of nitrogens with zero attached hydrogens (tertiary/aromatic N) is 3. The van der Waals surface area contributed by atoms with Gasteiger partial charge in [0.25, 0.3) is 0 Å². The maximum atomic E-state index is 13.8. The Kier molecular flexibility index (Phi) is 6.79. The molecule has 0 aromatic heterocycles. The third kappa shape index (κ3) is 4.77. The molecule has 2 heterocycles. The van der Waals surface area contributed by atoms with Crippen LogP contribution >= 0.6 is 0 Å². The summed E-state index contributed by atoms with van der Waals surface area (Å²) in [6, 6.07) is 2.46. The van der Waals surface area contributed by atoms with Gasteiger partial charge in [0.1, 0.15) is 11.6 Å². The lowest BCUT2D eigenvalue weighted by molar-refractivity contribution is -0.132. The maximum Gasteiger partial charge on any atom is 0.321 e. The number of hydrogen-bond acceptors (Lipinski definition) is 4. The Morgan fingerprint density at radius 3 is 2.79 bits per heavy atom. The zero-order valence-electron chi connectivity index (χ0n) is 16.0. The number of rotatable bonds is 5. The molecule has 2 aliphatic heterocycles. The second kappa shape index (κ2) is 9.29. The van der Waals surface area contributed by atoms with Crippen molar-refractivity contribution in [2.75, 3.05) is 58.3 Å². The quantitative estimate of drug-likeness (QED) is 0.824. The maximum absolute atomic E-state index is 13.8. The summed E-state index contributed by atoms with van der Waals surface area (Å²) < 4.78 is 31.8. The van der Waals surface area contributed by atoms with E-state index in [0.717, 1.165) is 38.1 Å². The van der Waals surface area contributed by atoms with Gasteiger partial charge in [-0.05, 0) is 25.0 Å². The van der Waals surface area contributed by atoms with Crippen molar-refractivity contribution in [1.82, 2.24) is 14.7 Å². The molecule has 1 aromatic carbocycles. The number of halogens is 2. The molecular formula is C19H26F2N4O3. The van der Waals surface area contributed by atoms with Gasteiger partial charge in [-0.1, -0.05) is 0 Å². The number of benzene rings is 1. The first-order valence-corrected chi connectivity index (χ1v) is 9.52. The topological polar surface area (TPSA) is 65.1 Å². The summed E-state index contributed by atoms with van der Waals surface area (Å²) in [6.45, 7) is 4.09. The van der Waals surface area contributed by atoms with Gasteiger partial charge in [-0.2, -0.15) is 0 Å². The summed E-state index contributed by atoms with van der Waals surface area (Å²) in [5.74, 6) is -1.39. The van der Waals surface area contributed by atoms with Crippen molar-refractivity contribution in [3.8, 4) is 0 Å². The van der Waals surface area contributed by atoms with Crippen LogP contribution in [0.2, 0.25) is 0 Å². The van der Waals surface area contributed by atoms with Crippen molar-refractivity contribution in [3.05, 3.63) is 29.8 Å². The first-order valence-electron chi connectivity index (χ1n) is 9.52. The van der Waals surface area contributed by atoms with Crippen LogP contribution in [0.25, 0.3) is 0 Å². The molecule has 154 valence electrons. The molecule has 0 radical (unpaired) electrons. The lowest BCUT2D eigenvalue weighted by atomic mass is 10.2. The number of hydrogen-bond donors (Lipinski definition) is 1. The molecule has 2 aliphatic rings. The van der Waals surface area contributed by atoms with Gasteiger partial charge in [-0.25, -0.2) is 13.6 Å². The molecule has 3 rings (SSSR count). The SMILES string of the molecule is COCCN1CC[C@H](N2CCCN(C(=O)Nc3ccc(F)cc3F)CC2)C1=O. The number of urea groups is 1. The number of carbonyl (C=O) groups is 2. The molecule has 3 amide bonds. The Hall–Kier alpha value is -2.26. The van der Waals surface area contributed by atoms with E-state index in [0.29, 0.717) is 32.8 Å². The van der Waals surface area contributed by atoms with Crippen molar-refractivity contribution in [2.45, 2.75) is 18.9 Å². The van der Waals surface area contributed by atoms with Crippen LogP contribution in [0.4, 0.5) is 19.3 Å². The number of nitrogens with one attached hydrogen (secondary N) is 1. The number of ether oxygens (including phenoxy) is 1. The van der Waals surface area contributed by atoms with E-state index in [1.54, 1.807) is 12.0 Å². The second-order valence-corrected chi connectivity index (χ2v) is 7.05. The molecular weight excluding hydrogens is 370 g/mol. The Morgan fingerprint density at radius 2 is 2.04 bits per heavy atom. The van der Waals surface area contributed by atoms with Crippen molar-refractivity contribution in [1.29, 1.82) is 0 Å².